The molecule has 2 aromatic heterocycles. The van der Waals surface area contributed by atoms with E-state index in [1.807, 2.05) is 36.6 Å². The minimum absolute atomic E-state index is 0.159. The topological polar surface area (TPSA) is 83.4 Å². The van der Waals surface area contributed by atoms with Crippen LogP contribution in [0, 0.1) is 6.92 Å². The lowest BCUT2D eigenvalue weighted by Gasteiger charge is -2.36. The number of hydrogen-bond donors (Lipinski definition) is 1. The number of amides is 1. The number of halogens is 1. The van der Waals surface area contributed by atoms with E-state index in [0.717, 1.165) is 42.6 Å². The highest BCUT2D eigenvalue weighted by Crippen LogP contribution is 2.22. The van der Waals surface area contributed by atoms with Crippen molar-refractivity contribution in [3.05, 3.63) is 62.8 Å². The van der Waals surface area contributed by atoms with Crippen LogP contribution in [0.4, 0.5) is 16.6 Å². The second kappa shape index (κ2) is 8.85. The number of nitrogens with one attached hydrogen (secondary N) is 1. The molecule has 0 radical (unpaired) electrons. The normalized spacial score (nSPS) is 14.1. The molecule has 1 fully saturated rings. The van der Waals surface area contributed by atoms with Crippen molar-refractivity contribution in [3.63, 3.8) is 0 Å². The number of aromatic nitrogens is 3. The third-order valence-electron chi connectivity index (χ3n) is 4.79. The first-order chi connectivity index (χ1) is 14.5. The van der Waals surface area contributed by atoms with Gasteiger partial charge in [-0.15, -0.1) is 11.3 Å². The summed E-state index contributed by atoms with van der Waals surface area (Å²) in [5.74, 6) is 0.347. The summed E-state index contributed by atoms with van der Waals surface area (Å²) in [5.41, 5.74) is 1.61. The maximum absolute atomic E-state index is 12.3. The van der Waals surface area contributed by atoms with Crippen LogP contribution < -0.4 is 20.7 Å². The number of nitrogens with zero attached hydrogens (tertiary/aromatic N) is 5. The number of thiazole rings is 1. The van der Waals surface area contributed by atoms with Crippen LogP contribution in [-0.2, 0) is 11.3 Å². The lowest BCUT2D eigenvalue weighted by Crippen LogP contribution is -2.47. The number of hydrogen-bond acceptors (Lipinski definition) is 7. The van der Waals surface area contributed by atoms with Crippen molar-refractivity contribution in [1.82, 2.24) is 14.8 Å². The van der Waals surface area contributed by atoms with Crippen LogP contribution in [0.2, 0.25) is 5.02 Å². The number of aryl methyl sites for hydroxylation is 1. The Morgan fingerprint density at radius 2 is 1.93 bits per heavy atom. The van der Waals surface area contributed by atoms with E-state index in [0.29, 0.717) is 10.9 Å². The minimum atomic E-state index is -0.332. The molecule has 0 bridgehead atoms. The van der Waals surface area contributed by atoms with E-state index in [9.17, 15) is 9.59 Å². The van der Waals surface area contributed by atoms with Crippen molar-refractivity contribution in [2.75, 3.05) is 41.3 Å². The SMILES string of the molecule is Cc1csc(NC(=O)Cn2nc(N3CCN(c4cccc(Cl)c4)CC3)ccc2=O)n1. The fraction of sp³-hybridized carbons (Fsp3) is 0.300. The van der Waals surface area contributed by atoms with Crippen LogP contribution in [0.25, 0.3) is 0 Å². The van der Waals surface area contributed by atoms with E-state index in [4.69, 9.17) is 11.6 Å². The molecule has 1 N–H and O–H groups in total. The minimum Gasteiger partial charge on any atom is -0.368 e. The smallest absolute Gasteiger partial charge is 0.267 e. The summed E-state index contributed by atoms with van der Waals surface area (Å²) in [6, 6.07) is 11.0. The van der Waals surface area contributed by atoms with Gasteiger partial charge in [-0.1, -0.05) is 17.7 Å². The van der Waals surface area contributed by atoms with Crippen molar-refractivity contribution in [3.8, 4) is 0 Å². The third kappa shape index (κ3) is 4.80. The molecule has 0 unspecified atom stereocenters. The van der Waals surface area contributed by atoms with Gasteiger partial charge in [0.25, 0.3) is 5.56 Å². The Labute approximate surface area is 182 Å². The Bertz CT molecular complexity index is 1110. The van der Waals surface area contributed by atoms with Gasteiger partial charge in [0, 0.05) is 48.3 Å². The lowest BCUT2D eigenvalue weighted by atomic mass is 10.2. The van der Waals surface area contributed by atoms with Gasteiger partial charge in [-0.2, -0.15) is 5.10 Å². The molecular formula is C20H21ClN6O2S. The Balaban J connectivity index is 1.40. The van der Waals surface area contributed by atoms with Gasteiger partial charge in [-0.3, -0.25) is 9.59 Å². The van der Waals surface area contributed by atoms with Crippen LogP contribution in [0.1, 0.15) is 5.69 Å². The molecule has 1 aliphatic heterocycles. The van der Waals surface area contributed by atoms with Gasteiger partial charge in [-0.25, -0.2) is 9.67 Å². The van der Waals surface area contributed by atoms with Crippen LogP contribution in [-0.4, -0.2) is 46.9 Å². The summed E-state index contributed by atoms with van der Waals surface area (Å²) in [6.45, 7) is 4.82. The fourth-order valence-corrected chi connectivity index (χ4v) is 4.18. The molecule has 0 atom stereocenters. The Morgan fingerprint density at radius 3 is 2.63 bits per heavy atom. The first kappa shape index (κ1) is 20.4. The van der Waals surface area contributed by atoms with Crippen molar-refractivity contribution in [2.45, 2.75) is 13.5 Å². The second-order valence-corrected chi connectivity index (χ2v) is 8.28. The zero-order valence-corrected chi connectivity index (χ0v) is 18.0. The van der Waals surface area contributed by atoms with E-state index in [1.165, 1.54) is 22.1 Å². The molecule has 0 saturated carbocycles. The highest BCUT2D eigenvalue weighted by molar-refractivity contribution is 7.13. The summed E-state index contributed by atoms with van der Waals surface area (Å²) < 4.78 is 1.19. The molecule has 30 heavy (non-hydrogen) atoms. The highest BCUT2D eigenvalue weighted by Gasteiger charge is 2.19. The molecule has 3 aromatic rings. The van der Waals surface area contributed by atoms with Gasteiger partial charge in [-0.05, 0) is 31.2 Å². The largest absolute Gasteiger partial charge is 0.368 e. The average Bonchev–Trinajstić information content (AvgIpc) is 3.14. The average molecular weight is 445 g/mol. The third-order valence-corrected chi connectivity index (χ3v) is 5.90. The number of benzene rings is 1. The Hall–Kier alpha value is -2.91. The number of anilines is 3. The quantitative estimate of drug-likeness (QED) is 0.651. The second-order valence-electron chi connectivity index (χ2n) is 6.98. The number of carbonyl (C=O) groups is 1. The molecule has 0 aliphatic carbocycles. The van der Waals surface area contributed by atoms with Crippen LogP contribution >= 0.6 is 22.9 Å². The zero-order valence-electron chi connectivity index (χ0n) is 16.4. The fourth-order valence-electron chi connectivity index (χ4n) is 3.29. The number of piperazine rings is 1. The van der Waals surface area contributed by atoms with E-state index in [2.05, 4.69) is 25.2 Å². The molecule has 0 spiro atoms. The van der Waals surface area contributed by atoms with Crippen molar-refractivity contribution >= 4 is 45.5 Å². The van der Waals surface area contributed by atoms with Gasteiger partial charge >= 0.3 is 0 Å². The molecule has 1 aromatic carbocycles. The number of carbonyl (C=O) groups excluding carboxylic acids is 1. The van der Waals surface area contributed by atoms with Crippen molar-refractivity contribution in [1.29, 1.82) is 0 Å². The monoisotopic (exact) mass is 444 g/mol. The summed E-state index contributed by atoms with van der Waals surface area (Å²) in [6.07, 6.45) is 0. The summed E-state index contributed by atoms with van der Waals surface area (Å²) in [7, 11) is 0. The standard InChI is InChI=1S/C20H21ClN6O2S/c1-14-13-30-20(22-14)23-18(28)12-27-19(29)6-5-17(24-27)26-9-7-25(8-10-26)16-4-2-3-15(21)11-16/h2-6,11,13H,7-10,12H2,1H3,(H,22,23,28). The molecule has 1 saturated heterocycles. The van der Waals surface area contributed by atoms with E-state index < -0.39 is 0 Å². The molecule has 8 nitrogen and oxygen atoms in total. The van der Waals surface area contributed by atoms with Gasteiger partial charge in [0.05, 0.1) is 5.69 Å². The maximum Gasteiger partial charge on any atom is 0.267 e. The summed E-state index contributed by atoms with van der Waals surface area (Å²) in [5, 5.41) is 10.2. The van der Waals surface area contributed by atoms with Crippen molar-refractivity contribution < 1.29 is 4.79 Å². The van der Waals surface area contributed by atoms with Gasteiger partial charge in [0.1, 0.15) is 12.4 Å². The Morgan fingerprint density at radius 1 is 1.17 bits per heavy atom. The van der Waals surface area contributed by atoms with Crippen LogP contribution in [0.5, 0.6) is 0 Å². The predicted octanol–water partition coefficient (Wildman–Crippen LogP) is 2.63. The van der Waals surface area contributed by atoms with Gasteiger partial charge in [0.2, 0.25) is 5.91 Å². The highest BCUT2D eigenvalue weighted by atomic mass is 35.5. The molecular weight excluding hydrogens is 424 g/mol. The van der Waals surface area contributed by atoms with Gasteiger partial charge in [0.15, 0.2) is 5.13 Å². The summed E-state index contributed by atoms with van der Waals surface area (Å²) >= 11 is 7.44. The molecule has 1 aliphatic rings. The van der Waals surface area contributed by atoms with E-state index in [1.54, 1.807) is 6.07 Å². The predicted molar refractivity (Wildman–Crippen MR) is 120 cm³/mol. The maximum atomic E-state index is 12.3. The Kier molecular flexibility index (Phi) is 6.01. The first-order valence-electron chi connectivity index (χ1n) is 9.53. The number of rotatable bonds is 5. The van der Waals surface area contributed by atoms with Crippen LogP contribution in [0.15, 0.2) is 46.6 Å². The molecule has 156 valence electrons. The molecule has 4 rings (SSSR count). The molecule has 10 heteroatoms. The molecule has 1 amide bonds. The first-order valence-corrected chi connectivity index (χ1v) is 10.8. The van der Waals surface area contributed by atoms with E-state index >= 15 is 0 Å². The van der Waals surface area contributed by atoms with Gasteiger partial charge < -0.3 is 15.1 Å². The summed E-state index contributed by atoms with van der Waals surface area (Å²) in [4.78, 5) is 33.0. The van der Waals surface area contributed by atoms with E-state index in [-0.39, 0.29) is 18.0 Å². The lowest BCUT2D eigenvalue weighted by molar-refractivity contribution is -0.117. The zero-order chi connectivity index (χ0) is 21.1. The van der Waals surface area contributed by atoms with Crippen LogP contribution in [0.3, 0.4) is 0 Å². The molecule has 3 heterocycles. The van der Waals surface area contributed by atoms with Crippen molar-refractivity contribution in [2.24, 2.45) is 0 Å².